The van der Waals surface area contributed by atoms with Crippen LogP contribution < -0.4 is 10.1 Å². The van der Waals surface area contributed by atoms with E-state index in [1.165, 1.54) is 6.20 Å². The molecule has 0 aliphatic heterocycles. The summed E-state index contributed by atoms with van der Waals surface area (Å²) in [6.07, 6.45) is 1.41. The Morgan fingerprint density at radius 2 is 2.19 bits per heavy atom. The molecule has 0 aliphatic carbocycles. The van der Waals surface area contributed by atoms with Crippen molar-refractivity contribution in [2.45, 2.75) is 33.8 Å². The third-order valence-electron chi connectivity index (χ3n) is 2.55. The molecular formula is C16H20N2O3. The first kappa shape index (κ1) is 16.6. The maximum atomic E-state index is 11.5. The summed E-state index contributed by atoms with van der Waals surface area (Å²) in [5, 5.41) is 11.8. The summed E-state index contributed by atoms with van der Waals surface area (Å²) in [6.45, 7) is 7.78. The summed E-state index contributed by atoms with van der Waals surface area (Å²) in [4.78, 5) is 11.5. The van der Waals surface area contributed by atoms with E-state index in [4.69, 9.17) is 14.7 Å². The molecule has 0 aliphatic rings. The standard InChI is InChI=1S/C16H20N2O3/c1-5-20-16(19)13(9-17)10-18-14-7-6-12(4)15(8-14)21-11(2)3/h6-8,10-11,18H,5H2,1-4H3/b13-10+. The molecule has 0 bridgehead atoms. The highest BCUT2D eigenvalue weighted by molar-refractivity contribution is 5.93. The number of hydrogen-bond acceptors (Lipinski definition) is 5. The number of esters is 1. The Morgan fingerprint density at radius 1 is 1.48 bits per heavy atom. The molecule has 5 heteroatoms. The minimum Gasteiger partial charge on any atom is -0.491 e. The first-order valence-electron chi connectivity index (χ1n) is 6.79. The van der Waals surface area contributed by atoms with Crippen LogP contribution in [-0.2, 0) is 9.53 Å². The van der Waals surface area contributed by atoms with Crippen LogP contribution in [0.1, 0.15) is 26.3 Å². The van der Waals surface area contributed by atoms with E-state index in [1.54, 1.807) is 6.92 Å². The molecule has 0 fully saturated rings. The fourth-order valence-electron chi connectivity index (χ4n) is 1.57. The number of nitriles is 1. The van der Waals surface area contributed by atoms with Crippen molar-refractivity contribution in [3.8, 4) is 11.8 Å². The van der Waals surface area contributed by atoms with Crippen LogP contribution in [0.15, 0.2) is 30.0 Å². The van der Waals surface area contributed by atoms with E-state index in [9.17, 15) is 4.79 Å². The molecule has 0 aromatic heterocycles. The predicted molar refractivity (Wildman–Crippen MR) is 80.9 cm³/mol. The average Bonchev–Trinajstić information content (AvgIpc) is 2.42. The molecular weight excluding hydrogens is 268 g/mol. The van der Waals surface area contributed by atoms with Gasteiger partial charge in [0.05, 0.1) is 12.7 Å². The molecule has 21 heavy (non-hydrogen) atoms. The molecule has 0 heterocycles. The molecule has 0 amide bonds. The van der Waals surface area contributed by atoms with Gasteiger partial charge in [-0.3, -0.25) is 0 Å². The van der Waals surface area contributed by atoms with Gasteiger partial charge in [-0.2, -0.15) is 5.26 Å². The van der Waals surface area contributed by atoms with Crippen molar-refractivity contribution in [1.29, 1.82) is 5.26 Å². The second kappa shape index (κ2) is 7.95. The number of ether oxygens (including phenoxy) is 2. The molecule has 112 valence electrons. The van der Waals surface area contributed by atoms with Gasteiger partial charge >= 0.3 is 5.97 Å². The van der Waals surface area contributed by atoms with Gasteiger partial charge in [0.1, 0.15) is 11.8 Å². The van der Waals surface area contributed by atoms with Crippen molar-refractivity contribution >= 4 is 11.7 Å². The zero-order chi connectivity index (χ0) is 15.8. The van der Waals surface area contributed by atoms with Crippen molar-refractivity contribution in [2.75, 3.05) is 11.9 Å². The van der Waals surface area contributed by atoms with Gasteiger partial charge in [0.15, 0.2) is 5.57 Å². The van der Waals surface area contributed by atoms with E-state index in [0.29, 0.717) is 0 Å². The molecule has 1 aromatic carbocycles. The lowest BCUT2D eigenvalue weighted by molar-refractivity contribution is -0.138. The molecule has 1 N–H and O–H groups in total. The van der Waals surface area contributed by atoms with Gasteiger partial charge in [0.25, 0.3) is 0 Å². The lowest BCUT2D eigenvalue weighted by atomic mass is 10.2. The fraction of sp³-hybridized carbons (Fsp3) is 0.375. The van der Waals surface area contributed by atoms with E-state index in [0.717, 1.165) is 17.0 Å². The van der Waals surface area contributed by atoms with Gasteiger partial charge in [-0.25, -0.2) is 4.79 Å². The Labute approximate surface area is 125 Å². The lowest BCUT2D eigenvalue weighted by Crippen LogP contribution is -2.08. The second-order valence-corrected chi connectivity index (χ2v) is 4.68. The van der Waals surface area contributed by atoms with Crippen LogP contribution in [0.2, 0.25) is 0 Å². The van der Waals surface area contributed by atoms with Crippen LogP contribution in [0, 0.1) is 18.3 Å². The third-order valence-corrected chi connectivity index (χ3v) is 2.55. The molecule has 0 saturated carbocycles. The van der Waals surface area contributed by atoms with E-state index in [1.807, 2.05) is 45.0 Å². The largest absolute Gasteiger partial charge is 0.491 e. The first-order valence-corrected chi connectivity index (χ1v) is 6.79. The number of hydrogen-bond donors (Lipinski definition) is 1. The van der Waals surface area contributed by atoms with Gasteiger partial charge in [0.2, 0.25) is 0 Å². The van der Waals surface area contributed by atoms with Crippen molar-refractivity contribution in [2.24, 2.45) is 0 Å². The van der Waals surface area contributed by atoms with Gasteiger partial charge in [-0.15, -0.1) is 0 Å². The van der Waals surface area contributed by atoms with E-state index < -0.39 is 5.97 Å². The van der Waals surface area contributed by atoms with Gasteiger partial charge in [-0.1, -0.05) is 6.07 Å². The van der Waals surface area contributed by atoms with Crippen LogP contribution in [0.3, 0.4) is 0 Å². The molecule has 0 atom stereocenters. The van der Waals surface area contributed by atoms with Crippen molar-refractivity contribution in [1.82, 2.24) is 0 Å². The maximum absolute atomic E-state index is 11.5. The minimum absolute atomic E-state index is 0.0729. The highest BCUT2D eigenvalue weighted by Gasteiger charge is 2.09. The number of aryl methyl sites for hydroxylation is 1. The van der Waals surface area contributed by atoms with Gasteiger partial charge < -0.3 is 14.8 Å². The highest BCUT2D eigenvalue weighted by Crippen LogP contribution is 2.23. The number of anilines is 1. The number of nitrogens with zero attached hydrogens (tertiary/aromatic N) is 1. The fourth-order valence-corrected chi connectivity index (χ4v) is 1.57. The molecule has 0 saturated heterocycles. The number of nitrogens with one attached hydrogen (secondary N) is 1. The van der Waals surface area contributed by atoms with Crippen molar-refractivity contribution in [3.05, 3.63) is 35.5 Å². The predicted octanol–water partition coefficient (Wildman–Crippen LogP) is 3.16. The normalized spacial score (nSPS) is 11.0. The Morgan fingerprint density at radius 3 is 2.76 bits per heavy atom. The van der Waals surface area contributed by atoms with Gasteiger partial charge in [0, 0.05) is 18.0 Å². The number of carbonyl (C=O) groups excluding carboxylic acids is 1. The van der Waals surface area contributed by atoms with Crippen LogP contribution in [0.5, 0.6) is 5.75 Å². The average molecular weight is 288 g/mol. The maximum Gasteiger partial charge on any atom is 0.350 e. The van der Waals surface area contributed by atoms with Gasteiger partial charge in [-0.05, 0) is 39.3 Å². The molecule has 0 radical (unpaired) electrons. The summed E-state index contributed by atoms with van der Waals surface area (Å²) in [5.74, 6) is 0.122. The Kier molecular flexibility index (Phi) is 6.28. The quantitative estimate of drug-likeness (QED) is 0.494. The Hall–Kier alpha value is -2.48. The number of benzene rings is 1. The number of carbonyl (C=O) groups is 1. The topological polar surface area (TPSA) is 71.4 Å². The summed E-state index contributed by atoms with van der Waals surface area (Å²) in [7, 11) is 0. The van der Waals surface area contributed by atoms with Crippen LogP contribution in [0.4, 0.5) is 5.69 Å². The SMILES string of the molecule is CCOC(=O)/C(C#N)=C/Nc1ccc(C)c(OC(C)C)c1. The summed E-state index contributed by atoms with van der Waals surface area (Å²) in [6, 6.07) is 7.39. The first-order chi connectivity index (χ1) is 9.97. The second-order valence-electron chi connectivity index (χ2n) is 4.68. The monoisotopic (exact) mass is 288 g/mol. The molecule has 0 unspecified atom stereocenters. The Balaban J connectivity index is 2.88. The number of rotatable bonds is 6. The van der Waals surface area contributed by atoms with Crippen LogP contribution in [-0.4, -0.2) is 18.7 Å². The minimum atomic E-state index is -0.640. The highest BCUT2D eigenvalue weighted by atomic mass is 16.5. The van der Waals surface area contributed by atoms with E-state index in [2.05, 4.69) is 5.32 Å². The van der Waals surface area contributed by atoms with E-state index >= 15 is 0 Å². The molecule has 1 aromatic rings. The molecule has 1 rings (SSSR count). The summed E-state index contributed by atoms with van der Waals surface area (Å²) in [5.41, 5.74) is 1.67. The van der Waals surface area contributed by atoms with Crippen molar-refractivity contribution in [3.63, 3.8) is 0 Å². The van der Waals surface area contributed by atoms with E-state index in [-0.39, 0.29) is 18.3 Å². The lowest BCUT2D eigenvalue weighted by Gasteiger charge is -2.13. The zero-order valence-corrected chi connectivity index (χ0v) is 12.8. The smallest absolute Gasteiger partial charge is 0.350 e. The molecule has 5 nitrogen and oxygen atoms in total. The summed E-state index contributed by atoms with van der Waals surface area (Å²) < 4.78 is 10.5. The summed E-state index contributed by atoms with van der Waals surface area (Å²) >= 11 is 0. The molecule has 0 spiro atoms. The van der Waals surface area contributed by atoms with Crippen LogP contribution in [0.25, 0.3) is 0 Å². The van der Waals surface area contributed by atoms with Crippen molar-refractivity contribution < 1.29 is 14.3 Å². The third kappa shape index (κ3) is 5.19. The Bertz CT molecular complexity index is 571. The van der Waals surface area contributed by atoms with Crippen LogP contribution >= 0.6 is 0 Å². The zero-order valence-electron chi connectivity index (χ0n) is 12.8.